The van der Waals surface area contributed by atoms with Crippen LogP contribution in [0.4, 0.5) is 4.79 Å². The van der Waals surface area contributed by atoms with Gasteiger partial charge in [-0.25, -0.2) is 22.7 Å². The molecule has 0 aliphatic carbocycles. The smallest absolute Gasteiger partial charge is 0.338 e. The summed E-state index contributed by atoms with van der Waals surface area (Å²) in [7, 11) is -3.66. The summed E-state index contributed by atoms with van der Waals surface area (Å²) in [4.78, 5) is 33.2. The van der Waals surface area contributed by atoms with Gasteiger partial charge in [0.2, 0.25) is 10.0 Å². The number of ether oxygens (including phenoxy) is 1. The number of sulfonamides is 1. The van der Waals surface area contributed by atoms with E-state index in [1.165, 1.54) is 24.3 Å². The molecule has 0 saturated heterocycles. The minimum Gasteiger partial charge on any atom is -0.452 e. The van der Waals surface area contributed by atoms with Gasteiger partial charge in [0.15, 0.2) is 6.61 Å². The molecular weight excluding hydrogens is 326 g/mol. The number of benzene rings is 1. The SMILES string of the molecule is CC(C)NS(=O)(=O)c1ccc(C(=O)OCC(=O)NC(N)=O)cc1. The highest BCUT2D eigenvalue weighted by Gasteiger charge is 2.17. The van der Waals surface area contributed by atoms with E-state index in [0.717, 1.165) is 0 Å². The number of imide groups is 1. The van der Waals surface area contributed by atoms with Crippen LogP contribution in [0.15, 0.2) is 29.2 Å². The average Bonchev–Trinajstić information content (AvgIpc) is 2.43. The number of nitrogens with two attached hydrogens (primary N) is 1. The average molecular weight is 343 g/mol. The maximum absolute atomic E-state index is 11.9. The minimum absolute atomic E-state index is 0.00535. The van der Waals surface area contributed by atoms with Gasteiger partial charge in [-0.2, -0.15) is 0 Å². The Hall–Kier alpha value is -2.46. The third kappa shape index (κ3) is 6.04. The Bertz CT molecular complexity index is 697. The molecule has 0 fully saturated rings. The number of hydrogen-bond acceptors (Lipinski definition) is 6. The number of urea groups is 1. The van der Waals surface area contributed by atoms with E-state index < -0.39 is 34.5 Å². The van der Waals surface area contributed by atoms with Crippen LogP contribution in [0.25, 0.3) is 0 Å². The van der Waals surface area contributed by atoms with Crippen molar-refractivity contribution in [2.75, 3.05) is 6.61 Å². The van der Waals surface area contributed by atoms with Gasteiger partial charge in [0.1, 0.15) is 0 Å². The van der Waals surface area contributed by atoms with Gasteiger partial charge in [-0.05, 0) is 38.1 Å². The fourth-order valence-electron chi connectivity index (χ4n) is 1.54. The summed E-state index contributed by atoms with van der Waals surface area (Å²) in [6, 6.07) is 3.66. The molecule has 126 valence electrons. The molecule has 0 aliphatic rings. The highest BCUT2D eigenvalue weighted by molar-refractivity contribution is 7.89. The Morgan fingerprint density at radius 1 is 1.17 bits per heavy atom. The second-order valence-electron chi connectivity index (χ2n) is 4.79. The Labute approximate surface area is 133 Å². The standard InChI is InChI=1S/C13H17N3O6S/c1-8(2)16-23(20,21)10-5-3-9(4-6-10)12(18)22-7-11(17)15-13(14)19/h3-6,8,16H,7H2,1-2H3,(H3,14,15,17,19). The molecule has 0 radical (unpaired) electrons. The Kier molecular flexibility index (Phi) is 6.22. The van der Waals surface area contributed by atoms with E-state index in [4.69, 9.17) is 5.73 Å². The van der Waals surface area contributed by atoms with Crippen LogP contribution in [0.3, 0.4) is 0 Å². The van der Waals surface area contributed by atoms with E-state index in [2.05, 4.69) is 9.46 Å². The first-order chi connectivity index (χ1) is 10.6. The second kappa shape index (κ2) is 7.70. The number of hydrogen-bond donors (Lipinski definition) is 3. The van der Waals surface area contributed by atoms with E-state index in [1.54, 1.807) is 19.2 Å². The molecule has 1 rings (SSSR count). The lowest BCUT2D eigenvalue weighted by Crippen LogP contribution is -2.37. The molecule has 1 aromatic rings. The van der Waals surface area contributed by atoms with E-state index in [1.807, 2.05) is 0 Å². The molecule has 0 bridgehead atoms. The van der Waals surface area contributed by atoms with Crippen molar-refractivity contribution in [3.8, 4) is 0 Å². The van der Waals surface area contributed by atoms with Gasteiger partial charge in [0.05, 0.1) is 10.5 Å². The van der Waals surface area contributed by atoms with Gasteiger partial charge in [-0.3, -0.25) is 10.1 Å². The fraction of sp³-hybridized carbons (Fsp3) is 0.308. The molecule has 4 N–H and O–H groups in total. The van der Waals surface area contributed by atoms with Crippen LogP contribution >= 0.6 is 0 Å². The van der Waals surface area contributed by atoms with Crippen molar-refractivity contribution in [3.05, 3.63) is 29.8 Å². The number of carbonyl (C=O) groups excluding carboxylic acids is 3. The molecule has 1 aromatic carbocycles. The van der Waals surface area contributed by atoms with Gasteiger partial charge in [-0.1, -0.05) is 0 Å². The van der Waals surface area contributed by atoms with Crippen LogP contribution in [-0.4, -0.2) is 39.0 Å². The second-order valence-corrected chi connectivity index (χ2v) is 6.50. The highest BCUT2D eigenvalue weighted by atomic mass is 32.2. The van der Waals surface area contributed by atoms with Gasteiger partial charge in [-0.15, -0.1) is 0 Å². The number of amides is 3. The molecule has 0 spiro atoms. The summed E-state index contributed by atoms with van der Waals surface area (Å²) in [5, 5.41) is 1.73. The van der Waals surface area contributed by atoms with E-state index >= 15 is 0 Å². The molecule has 9 nitrogen and oxygen atoms in total. The fourth-order valence-corrected chi connectivity index (χ4v) is 2.79. The van der Waals surface area contributed by atoms with Crippen LogP contribution < -0.4 is 15.8 Å². The zero-order valence-electron chi connectivity index (χ0n) is 12.5. The molecule has 3 amide bonds. The number of rotatable bonds is 6. The zero-order valence-corrected chi connectivity index (χ0v) is 13.3. The number of primary amides is 1. The largest absolute Gasteiger partial charge is 0.452 e. The molecule has 23 heavy (non-hydrogen) atoms. The Morgan fingerprint density at radius 2 is 1.74 bits per heavy atom. The number of carbonyl (C=O) groups is 3. The Morgan fingerprint density at radius 3 is 2.22 bits per heavy atom. The lowest BCUT2D eigenvalue weighted by Gasteiger charge is -2.10. The minimum atomic E-state index is -3.66. The maximum atomic E-state index is 11.9. The molecular formula is C13H17N3O6S. The van der Waals surface area contributed by atoms with Gasteiger partial charge in [0, 0.05) is 6.04 Å². The van der Waals surface area contributed by atoms with Crippen molar-refractivity contribution in [1.82, 2.24) is 10.0 Å². The van der Waals surface area contributed by atoms with E-state index in [0.29, 0.717) is 0 Å². The van der Waals surface area contributed by atoms with E-state index in [9.17, 15) is 22.8 Å². The lowest BCUT2D eigenvalue weighted by atomic mass is 10.2. The first-order valence-corrected chi connectivity index (χ1v) is 7.99. The zero-order chi connectivity index (χ0) is 17.6. The molecule has 0 saturated carbocycles. The molecule has 10 heteroatoms. The van der Waals surface area contributed by atoms with Crippen LogP contribution in [0.1, 0.15) is 24.2 Å². The molecule has 0 atom stereocenters. The van der Waals surface area contributed by atoms with Crippen LogP contribution in [-0.2, 0) is 19.6 Å². The third-order valence-corrected chi connectivity index (χ3v) is 4.06. The van der Waals surface area contributed by atoms with Gasteiger partial charge < -0.3 is 10.5 Å². The predicted molar refractivity (Wildman–Crippen MR) is 79.9 cm³/mol. The van der Waals surface area contributed by atoms with Crippen molar-refractivity contribution in [2.45, 2.75) is 24.8 Å². The predicted octanol–water partition coefficient (Wildman–Crippen LogP) is -0.275. The van der Waals surface area contributed by atoms with Crippen molar-refractivity contribution in [1.29, 1.82) is 0 Å². The summed E-state index contributed by atoms with van der Waals surface area (Å²) in [5.74, 6) is -1.71. The summed E-state index contributed by atoms with van der Waals surface area (Å²) in [6.45, 7) is 2.68. The molecule has 0 unspecified atom stereocenters. The first-order valence-electron chi connectivity index (χ1n) is 6.50. The lowest BCUT2D eigenvalue weighted by molar-refractivity contribution is -0.123. The Balaban J connectivity index is 2.71. The number of nitrogens with one attached hydrogen (secondary N) is 2. The quantitative estimate of drug-likeness (QED) is 0.606. The van der Waals surface area contributed by atoms with Crippen LogP contribution in [0.2, 0.25) is 0 Å². The molecule has 0 heterocycles. The van der Waals surface area contributed by atoms with Crippen molar-refractivity contribution in [3.63, 3.8) is 0 Å². The molecule has 0 aliphatic heterocycles. The summed E-state index contributed by atoms with van der Waals surface area (Å²) in [6.07, 6.45) is 0. The van der Waals surface area contributed by atoms with Crippen LogP contribution in [0, 0.1) is 0 Å². The summed E-state index contributed by atoms with van der Waals surface area (Å²) in [5.41, 5.74) is 4.78. The van der Waals surface area contributed by atoms with Crippen LogP contribution in [0.5, 0.6) is 0 Å². The highest BCUT2D eigenvalue weighted by Crippen LogP contribution is 2.12. The van der Waals surface area contributed by atoms with Crippen molar-refractivity contribution >= 4 is 27.9 Å². The summed E-state index contributed by atoms with van der Waals surface area (Å²) < 4.78 is 30.9. The third-order valence-electron chi connectivity index (χ3n) is 2.39. The van der Waals surface area contributed by atoms with Gasteiger partial charge >= 0.3 is 12.0 Å². The monoisotopic (exact) mass is 343 g/mol. The molecule has 0 aromatic heterocycles. The normalized spacial score (nSPS) is 11.1. The topological polar surface area (TPSA) is 145 Å². The number of esters is 1. The maximum Gasteiger partial charge on any atom is 0.338 e. The van der Waals surface area contributed by atoms with Crippen molar-refractivity contribution in [2.24, 2.45) is 5.73 Å². The van der Waals surface area contributed by atoms with Gasteiger partial charge in [0.25, 0.3) is 5.91 Å². The first kappa shape index (κ1) is 18.6. The van der Waals surface area contributed by atoms with E-state index in [-0.39, 0.29) is 16.5 Å². The van der Waals surface area contributed by atoms with Crippen molar-refractivity contribution < 1.29 is 27.5 Å². The summed E-state index contributed by atoms with van der Waals surface area (Å²) >= 11 is 0.